The van der Waals surface area contributed by atoms with E-state index in [1.807, 2.05) is 13.0 Å². The minimum atomic E-state index is -0.873. The Morgan fingerprint density at radius 2 is 1.70 bits per heavy atom. The molecule has 1 aliphatic rings. The minimum absolute atomic E-state index is 0.174. The van der Waals surface area contributed by atoms with Gasteiger partial charge in [-0.05, 0) is 53.9 Å². The molecule has 0 atom stereocenters. The molecule has 3 N–H and O–H groups in total. The molecule has 27 heavy (non-hydrogen) atoms. The summed E-state index contributed by atoms with van der Waals surface area (Å²) in [5.74, 6) is -0.884. The number of rotatable bonds is 5. The Hall–Kier alpha value is -3.19. The van der Waals surface area contributed by atoms with Crippen LogP contribution in [0.25, 0.3) is 0 Å². The fourth-order valence-electron chi connectivity index (χ4n) is 2.75. The van der Waals surface area contributed by atoms with Gasteiger partial charge in [-0.2, -0.15) is 0 Å². The standard InChI is InChI=1S/C20H21N3O4/c1-2-9-22-18(24)13-5-7-17(8-6-13)23-20(26)27-19(25)14-3-4-15-11-21-12-16(15)10-14/h3-8,10,21H,2,9,11-12H2,1H3,(H,22,24)(H,23,26). The number of nitrogens with one attached hydrogen (secondary N) is 3. The zero-order chi connectivity index (χ0) is 19.2. The molecule has 0 bridgehead atoms. The molecular formula is C20H21N3O4. The molecule has 1 aliphatic heterocycles. The van der Waals surface area contributed by atoms with E-state index in [4.69, 9.17) is 4.74 Å². The molecular weight excluding hydrogens is 346 g/mol. The number of hydrogen-bond acceptors (Lipinski definition) is 5. The van der Waals surface area contributed by atoms with Gasteiger partial charge < -0.3 is 15.4 Å². The number of amides is 2. The number of benzene rings is 2. The van der Waals surface area contributed by atoms with Gasteiger partial charge >= 0.3 is 12.1 Å². The molecule has 7 nitrogen and oxygen atoms in total. The van der Waals surface area contributed by atoms with Crippen molar-refractivity contribution in [3.05, 3.63) is 64.7 Å². The first-order chi connectivity index (χ1) is 13.1. The lowest BCUT2D eigenvalue weighted by atomic mass is 10.1. The third-order valence-corrected chi connectivity index (χ3v) is 4.19. The smallest absolute Gasteiger partial charge is 0.372 e. The van der Waals surface area contributed by atoms with Gasteiger partial charge in [-0.25, -0.2) is 9.59 Å². The van der Waals surface area contributed by atoms with E-state index in [2.05, 4.69) is 16.0 Å². The number of carbonyl (C=O) groups excluding carboxylic acids is 3. The van der Waals surface area contributed by atoms with E-state index in [0.29, 0.717) is 29.9 Å². The summed E-state index contributed by atoms with van der Waals surface area (Å²) in [4.78, 5) is 35.9. The van der Waals surface area contributed by atoms with Gasteiger partial charge in [-0.3, -0.25) is 10.1 Å². The van der Waals surface area contributed by atoms with E-state index in [-0.39, 0.29) is 5.91 Å². The van der Waals surface area contributed by atoms with E-state index in [0.717, 1.165) is 24.1 Å². The highest BCUT2D eigenvalue weighted by Gasteiger charge is 2.17. The van der Waals surface area contributed by atoms with Gasteiger partial charge in [0.05, 0.1) is 5.56 Å². The van der Waals surface area contributed by atoms with Crippen molar-refractivity contribution in [2.24, 2.45) is 0 Å². The zero-order valence-corrected chi connectivity index (χ0v) is 15.0. The number of carbonyl (C=O) groups is 3. The molecule has 7 heteroatoms. The Bertz CT molecular complexity index is 862. The second-order valence-corrected chi connectivity index (χ2v) is 6.22. The lowest BCUT2D eigenvalue weighted by molar-refractivity contribution is 0.0645. The van der Waals surface area contributed by atoms with Gasteiger partial charge in [-0.1, -0.05) is 13.0 Å². The molecule has 1 heterocycles. The molecule has 2 aromatic carbocycles. The van der Waals surface area contributed by atoms with E-state index in [9.17, 15) is 14.4 Å². The largest absolute Gasteiger partial charge is 0.419 e. The summed E-state index contributed by atoms with van der Waals surface area (Å²) >= 11 is 0. The van der Waals surface area contributed by atoms with Gasteiger partial charge in [0.1, 0.15) is 0 Å². The first-order valence-electron chi connectivity index (χ1n) is 8.80. The summed E-state index contributed by atoms with van der Waals surface area (Å²) in [5.41, 5.74) is 3.42. The molecule has 0 unspecified atom stereocenters. The van der Waals surface area contributed by atoms with Crippen LogP contribution >= 0.6 is 0 Å². The molecule has 0 saturated heterocycles. The quantitative estimate of drug-likeness (QED) is 0.558. The predicted octanol–water partition coefficient (Wildman–Crippen LogP) is 2.82. The van der Waals surface area contributed by atoms with Crippen molar-refractivity contribution in [1.29, 1.82) is 0 Å². The highest BCUT2D eigenvalue weighted by Crippen LogP contribution is 2.18. The summed E-state index contributed by atoms with van der Waals surface area (Å²) in [5, 5.41) is 8.44. The molecule has 2 amide bonds. The normalized spacial score (nSPS) is 12.2. The summed E-state index contributed by atoms with van der Waals surface area (Å²) in [6.07, 6.45) is -0.0202. The molecule has 0 saturated carbocycles. The number of fused-ring (bicyclic) bond motifs is 1. The van der Waals surface area contributed by atoms with E-state index in [1.54, 1.807) is 36.4 Å². The number of ether oxygens (including phenoxy) is 1. The summed E-state index contributed by atoms with van der Waals surface area (Å²) in [6, 6.07) is 11.6. The average Bonchev–Trinajstić information content (AvgIpc) is 3.14. The maximum atomic E-state index is 12.1. The first-order valence-corrected chi connectivity index (χ1v) is 8.80. The minimum Gasteiger partial charge on any atom is -0.372 e. The molecule has 0 aliphatic carbocycles. The highest BCUT2D eigenvalue weighted by atomic mass is 16.6. The van der Waals surface area contributed by atoms with Crippen molar-refractivity contribution in [3.63, 3.8) is 0 Å². The van der Waals surface area contributed by atoms with Crippen LogP contribution in [0.3, 0.4) is 0 Å². The zero-order valence-electron chi connectivity index (χ0n) is 15.0. The topological polar surface area (TPSA) is 96.5 Å². The van der Waals surface area contributed by atoms with Crippen LogP contribution in [-0.4, -0.2) is 24.5 Å². The summed E-state index contributed by atoms with van der Waals surface area (Å²) < 4.78 is 4.84. The lowest BCUT2D eigenvalue weighted by Crippen LogP contribution is -2.24. The predicted molar refractivity (Wildman–Crippen MR) is 100 cm³/mol. The Morgan fingerprint density at radius 3 is 2.44 bits per heavy atom. The van der Waals surface area contributed by atoms with Crippen molar-refractivity contribution in [2.45, 2.75) is 26.4 Å². The molecule has 0 radical (unpaired) electrons. The van der Waals surface area contributed by atoms with Crippen molar-refractivity contribution >= 4 is 23.7 Å². The van der Waals surface area contributed by atoms with Crippen LogP contribution in [0.4, 0.5) is 10.5 Å². The Morgan fingerprint density at radius 1 is 1.00 bits per heavy atom. The maximum Gasteiger partial charge on any atom is 0.419 e. The summed E-state index contributed by atoms with van der Waals surface area (Å²) in [6.45, 7) is 4.05. The van der Waals surface area contributed by atoms with Gasteiger partial charge in [0.15, 0.2) is 0 Å². The molecule has 0 aromatic heterocycles. The Labute approximate surface area is 157 Å². The van der Waals surface area contributed by atoms with E-state index in [1.165, 1.54) is 0 Å². The second kappa shape index (κ2) is 8.46. The van der Waals surface area contributed by atoms with Gasteiger partial charge in [0.2, 0.25) is 0 Å². The van der Waals surface area contributed by atoms with Crippen molar-refractivity contribution in [1.82, 2.24) is 10.6 Å². The van der Waals surface area contributed by atoms with E-state index >= 15 is 0 Å². The second-order valence-electron chi connectivity index (χ2n) is 6.22. The molecule has 140 valence electrons. The third-order valence-electron chi connectivity index (χ3n) is 4.19. The Kier molecular flexibility index (Phi) is 5.83. The number of anilines is 1. The highest BCUT2D eigenvalue weighted by molar-refractivity contribution is 6.00. The van der Waals surface area contributed by atoms with Crippen LogP contribution in [0.2, 0.25) is 0 Å². The molecule has 2 aromatic rings. The lowest BCUT2D eigenvalue weighted by Gasteiger charge is -2.08. The maximum absolute atomic E-state index is 12.1. The Balaban J connectivity index is 1.55. The van der Waals surface area contributed by atoms with Crippen LogP contribution in [0, 0.1) is 0 Å². The van der Waals surface area contributed by atoms with Gasteiger partial charge in [-0.15, -0.1) is 0 Å². The fourth-order valence-corrected chi connectivity index (χ4v) is 2.75. The van der Waals surface area contributed by atoms with Crippen molar-refractivity contribution in [3.8, 4) is 0 Å². The van der Waals surface area contributed by atoms with Crippen LogP contribution in [0.1, 0.15) is 45.2 Å². The van der Waals surface area contributed by atoms with Crippen molar-refractivity contribution in [2.75, 3.05) is 11.9 Å². The van der Waals surface area contributed by atoms with Crippen LogP contribution in [0.15, 0.2) is 42.5 Å². The van der Waals surface area contributed by atoms with Crippen molar-refractivity contribution < 1.29 is 19.1 Å². The summed E-state index contributed by atoms with van der Waals surface area (Å²) in [7, 11) is 0. The van der Waals surface area contributed by atoms with Crippen LogP contribution in [0.5, 0.6) is 0 Å². The molecule has 0 fully saturated rings. The van der Waals surface area contributed by atoms with Gasteiger partial charge in [0.25, 0.3) is 5.91 Å². The van der Waals surface area contributed by atoms with Gasteiger partial charge in [0, 0.05) is 30.9 Å². The monoisotopic (exact) mass is 367 g/mol. The van der Waals surface area contributed by atoms with Crippen LogP contribution < -0.4 is 16.0 Å². The average molecular weight is 367 g/mol. The van der Waals surface area contributed by atoms with E-state index < -0.39 is 12.1 Å². The third kappa shape index (κ3) is 4.71. The SMILES string of the molecule is CCCNC(=O)c1ccc(NC(=O)OC(=O)c2ccc3c(c2)CNC3)cc1. The van der Waals surface area contributed by atoms with Crippen LogP contribution in [-0.2, 0) is 17.8 Å². The fraction of sp³-hybridized carbons (Fsp3) is 0.250. The number of esters is 1. The molecule has 0 spiro atoms. The number of hydrogen-bond donors (Lipinski definition) is 3. The molecule has 3 rings (SSSR count). The first kappa shape index (κ1) is 18.6.